The summed E-state index contributed by atoms with van der Waals surface area (Å²) in [7, 11) is 0. The molecule has 0 aliphatic carbocycles. The zero-order valence-electron chi connectivity index (χ0n) is 10.3. The van der Waals surface area contributed by atoms with Gasteiger partial charge in [0.1, 0.15) is 0 Å². The molecule has 0 aliphatic rings. The third-order valence-corrected chi connectivity index (χ3v) is 2.68. The highest BCUT2D eigenvalue weighted by Gasteiger charge is 2.16. The van der Waals surface area contributed by atoms with Crippen LogP contribution in [0.15, 0.2) is 24.4 Å². The minimum absolute atomic E-state index is 0.146. The second kappa shape index (κ2) is 3.87. The van der Waals surface area contributed by atoms with Gasteiger partial charge in [-0.05, 0) is 23.5 Å². The summed E-state index contributed by atoms with van der Waals surface area (Å²) in [4.78, 5) is 13.6. The van der Waals surface area contributed by atoms with Crippen molar-refractivity contribution >= 4 is 16.6 Å². The molecular formula is C13H16N2O2. The van der Waals surface area contributed by atoms with Crippen molar-refractivity contribution < 1.29 is 4.92 Å². The molecule has 0 radical (unpaired) electrons. The molecule has 4 nitrogen and oxygen atoms in total. The zero-order valence-corrected chi connectivity index (χ0v) is 10.3. The number of fused-ring (bicyclic) bond motifs is 1. The zero-order chi connectivity index (χ0) is 12.6. The number of non-ortho nitro benzene ring substituents is 1. The van der Waals surface area contributed by atoms with Crippen molar-refractivity contribution in [1.82, 2.24) is 4.98 Å². The van der Waals surface area contributed by atoms with Crippen LogP contribution in [0.1, 0.15) is 26.3 Å². The third kappa shape index (κ3) is 2.46. The highest BCUT2D eigenvalue weighted by molar-refractivity contribution is 5.85. The van der Waals surface area contributed by atoms with Gasteiger partial charge in [-0.15, -0.1) is 0 Å². The van der Waals surface area contributed by atoms with E-state index in [4.69, 9.17) is 0 Å². The van der Waals surface area contributed by atoms with E-state index >= 15 is 0 Å². The van der Waals surface area contributed by atoms with E-state index in [0.29, 0.717) is 0 Å². The second-order valence-electron chi connectivity index (χ2n) is 5.54. The summed E-state index contributed by atoms with van der Waals surface area (Å²) < 4.78 is 0. The maximum atomic E-state index is 10.8. The summed E-state index contributed by atoms with van der Waals surface area (Å²) in [6, 6.07) is 4.94. The van der Waals surface area contributed by atoms with Crippen molar-refractivity contribution in [1.29, 1.82) is 0 Å². The van der Waals surface area contributed by atoms with Crippen LogP contribution in [-0.2, 0) is 6.42 Å². The van der Waals surface area contributed by atoms with Gasteiger partial charge >= 0.3 is 0 Å². The highest BCUT2D eigenvalue weighted by Crippen LogP contribution is 2.28. The molecule has 0 bridgehead atoms. The fourth-order valence-electron chi connectivity index (χ4n) is 2.00. The van der Waals surface area contributed by atoms with Crippen molar-refractivity contribution in [2.75, 3.05) is 0 Å². The second-order valence-corrected chi connectivity index (χ2v) is 5.54. The van der Waals surface area contributed by atoms with Crippen molar-refractivity contribution in [3.63, 3.8) is 0 Å². The van der Waals surface area contributed by atoms with E-state index in [1.807, 2.05) is 6.20 Å². The number of nitrogens with zero attached hydrogens (tertiary/aromatic N) is 1. The lowest BCUT2D eigenvalue weighted by Crippen LogP contribution is -2.08. The number of H-pyrrole nitrogens is 1. The highest BCUT2D eigenvalue weighted by atomic mass is 16.6. The molecular weight excluding hydrogens is 216 g/mol. The molecule has 17 heavy (non-hydrogen) atoms. The molecule has 1 N–H and O–H groups in total. The molecule has 0 unspecified atom stereocenters. The van der Waals surface area contributed by atoms with Crippen LogP contribution >= 0.6 is 0 Å². The van der Waals surface area contributed by atoms with Gasteiger partial charge in [0, 0.05) is 29.2 Å². The van der Waals surface area contributed by atoms with E-state index < -0.39 is 0 Å². The van der Waals surface area contributed by atoms with Gasteiger partial charge in [0.15, 0.2) is 0 Å². The SMILES string of the molecule is CC(C)(C)Cc1c[nH]c2ccc([N+](=O)[O-])cc12. The van der Waals surface area contributed by atoms with E-state index in [-0.39, 0.29) is 16.0 Å². The fourth-order valence-corrected chi connectivity index (χ4v) is 2.00. The summed E-state index contributed by atoms with van der Waals surface area (Å²) in [5.74, 6) is 0. The van der Waals surface area contributed by atoms with Crippen LogP contribution in [0, 0.1) is 15.5 Å². The number of aromatic nitrogens is 1. The fraction of sp³-hybridized carbons (Fsp3) is 0.385. The van der Waals surface area contributed by atoms with Crippen molar-refractivity contribution in [3.05, 3.63) is 40.1 Å². The lowest BCUT2D eigenvalue weighted by atomic mass is 9.88. The topological polar surface area (TPSA) is 58.9 Å². The Balaban J connectivity index is 2.50. The van der Waals surface area contributed by atoms with Crippen LogP contribution in [0.3, 0.4) is 0 Å². The van der Waals surface area contributed by atoms with Crippen LogP contribution in [-0.4, -0.2) is 9.91 Å². The van der Waals surface area contributed by atoms with Gasteiger partial charge in [-0.25, -0.2) is 0 Å². The maximum Gasteiger partial charge on any atom is 0.270 e. The van der Waals surface area contributed by atoms with Gasteiger partial charge < -0.3 is 4.98 Å². The number of nitro groups is 1. The van der Waals surface area contributed by atoms with Gasteiger partial charge in [0.2, 0.25) is 0 Å². The number of nitro benzene ring substituents is 1. The van der Waals surface area contributed by atoms with Gasteiger partial charge in [0.05, 0.1) is 4.92 Å². The van der Waals surface area contributed by atoms with E-state index in [2.05, 4.69) is 25.8 Å². The maximum absolute atomic E-state index is 10.8. The summed E-state index contributed by atoms with van der Waals surface area (Å²) in [5.41, 5.74) is 2.40. The van der Waals surface area contributed by atoms with E-state index in [9.17, 15) is 10.1 Å². The molecule has 1 aromatic carbocycles. The molecule has 0 amide bonds. The Bertz CT molecular complexity index is 564. The summed E-state index contributed by atoms with van der Waals surface area (Å²) >= 11 is 0. The molecule has 0 saturated carbocycles. The predicted octanol–water partition coefficient (Wildman–Crippen LogP) is 3.66. The van der Waals surface area contributed by atoms with E-state index in [0.717, 1.165) is 22.9 Å². The number of hydrogen-bond acceptors (Lipinski definition) is 2. The molecule has 0 fully saturated rings. The Morgan fingerprint density at radius 1 is 1.35 bits per heavy atom. The smallest absolute Gasteiger partial charge is 0.270 e. The molecule has 0 aliphatic heterocycles. The average Bonchev–Trinajstić information content (AvgIpc) is 2.58. The molecule has 90 valence electrons. The Morgan fingerprint density at radius 2 is 2.06 bits per heavy atom. The van der Waals surface area contributed by atoms with Crippen LogP contribution in [0.2, 0.25) is 0 Å². The van der Waals surface area contributed by atoms with Crippen molar-refractivity contribution in [2.45, 2.75) is 27.2 Å². The minimum Gasteiger partial charge on any atom is -0.361 e. The molecule has 0 saturated heterocycles. The van der Waals surface area contributed by atoms with Crippen LogP contribution in [0.25, 0.3) is 10.9 Å². The largest absolute Gasteiger partial charge is 0.361 e. The molecule has 0 atom stereocenters. The first-order chi connectivity index (χ1) is 7.87. The minimum atomic E-state index is -0.354. The Kier molecular flexibility index (Phi) is 2.65. The molecule has 1 heterocycles. The number of aromatic amines is 1. The Hall–Kier alpha value is -1.84. The summed E-state index contributed by atoms with van der Waals surface area (Å²) in [5, 5.41) is 11.7. The van der Waals surface area contributed by atoms with Crippen molar-refractivity contribution in [2.24, 2.45) is 5.41 Å². The van der Waals surface area contributed by atoms with E-state index in [1.54, 1.807) is 12.1 Å². The average molecular weight is 232 g/mol. The first-order valence-electron chi connectivity index (χ1n) is 5.61. The lowest BCUT2D eigenvalue weighted by molar-refractivity contribution is -0.384. The van der Waals surface area contributed by atoms with Gasteiger partial charge in [-0.2, -0.15) is 0 Å². The quantitative estimate of drug-likeness (QED) is 0.634. The Labute approximate surface area is 99.8 Å². The Morgan fingerprint density at radius 3 is 2.65 bits per heavy atom. The molecule has 4 heteroatoms. The van der Waals surface area contributed by atoms with Gasteiger partial charge in [0.25, 0.3) is 5.69 Å². The number of nitrogens with one attached hydrogen (secondary N) is 1. The molecule has 2 aromatic rings. The lowest BCUT2D eigenvalue weighted by Gasteiger charge is -2.17. The van der Waals surface area contributed by atoms with Gasteiger partial charge in [-0.3, -0.25) is 10.1 Å². The number of benzene rings is 1. The predicted molar refractivity (Wildman–Crippen MR) is 68.1 cm³/mol. The van der Waals surface area contributed by atoms with Crippen LogP contribution < -0.4 is 0 Å². The van der Waals surface area contributed by atoms with Crippen molar-refractivity contribution in [3.8, 4) is 0 Å². The summed E-state index contributed by atoms with van der Waals surface area (Å²) in [6.07, 6.45) is 2.84. The normalized spacial score (nSPS) is 11.9. The molecule has 2 rings (SSSR count). The first kappa shape index (κ1) is 11.6. The summed E-state index contributed by atoms with van der Waals surface area (Å²) in [6.45, 7) is 6.47. The first-order valence-corrected chi connectivity index (χ1v) is 5.61. The monoisotopic (exact) mass is 232 g/mol. The molecule has 0 spiro atoms. The number of hydrogen-bond donors (Lipinski definition) is 1. The van der Waals surface area contributed by atoms with Crippen LogP contribution in [0.4, 0.5) is 5.69 Å². The molecule has 1 aromatic heterocycles. The van der Waals surface area contributed by atoms with E-state index in [1.165, 1.54) is 6.07 Å². The third-order valence-electron chi connectivity index (χ3n) is 2.68. The number of rotatable bonds is 2. The standard InChI is InChI=1S/C13H16N2O2/c1-13(2,3)7-9-8-14-12-5-4-10(15(16)17)6-11(9)12/h4-6,8,14H,7H2,1-3H3. The van der Waals surface area contributed by atoms with Gasteiger partial charge in [-0.1, -0.05) is 20.8 Å². The van der Waals surface area contributed by atoms with Crippen LogP contribution in [0.5, 0.6) is 0 Å².